The molecule has 1 heterocycles. The Kier molecular flexibility index (Phi) is 8.47. The fourth-order valence-corrected chi connectivity index (χ4v) is 3.95. The first-order chi connectivity index (χ1) is 16.3. The standard InChI is InChI=1S/C23H27N5O5S/c1-15(2)13-27-22(16(3)33-20-8-6-5-7-19(20)32-4)25-26-23(27)34-14-21(29)24-17-9-11-18(12-10-17)28(30)31/h5-12,15-16H,13-14H2,1-4H3,(H,24,29). The zero-order valence-corrected chi connectivity index (χ0v) is 20.2. The highest BCUT2D eigenvalue weighted by Gasteiger charge is 2.22. The van der Waals surface area contributed by atoms with Gasteiger partial charge in [0.2, 0.25) is 5.91 Å². The van der Waals surface area contributed by atoms with Crippen LogP contribution in [0.5, 0.6) is 11.5 Å². The summed E-state index contributed by atoms with van der Waals surface area (Å²) in [6.45, 7) is 6.73. The molecule has 3 aromatic rings. The molecule has 0 fully saturated rings. The van der Waals surface area contributed by atoms with Crippen LogP contribution in [0, 0.1) is 16.0 Å². The summed E-state index contributed by atoms with van der Waals surface area (Å²) in [5, 5.41) is 22.7. The number of thioether (sulfide) groups is 1. The minimum Gasteiger partial charge on any atom is -0.493 e. The predicted octanol–water partition coefficient (Wildman–Crippen LogP) is 4.72. The van der Waals surface area contributed by atoms with Gasteiger partial charge in [0, 0.05) is 24.4 Å². The van der Waals surface area contributed by atoms with Crippen LogP contribution in [0.4, 0.5) is 11.4 Å². The van der Waals surface area contributed by atoms with E-state index in [9.17, 15) is 14.9 Å². The highest BCUT2D eigenvalue weighted by Crippen LogP contribution is 2.31. The second kappa shape index (κ2) is 11.5. The van der Waals surface area contributed by atoms with E-state index in [1.54, 1.807) is 7.11 Å². The van der Waals surface area contributed by atoms with E-state index in [0.29, 0.717) is 40.6 Å². The molecule has 3 rings (SSSR count). The van der Waals surface area contributed by atoms with Gasteiger partial charge in [-0.3, -0.25) is 14.9 Å². The number of para-hydroxylation sites is 2. The molecule has 1 unspecified atom stereocenters. The molecule has 0 radical (unpaired) electrons. The Morgan fingerprint density at radius 3 is 2.41 bits per heavy atom. The van der Waals surface area contributed by atoms with Gasteiger partial charge < -0.3 is 19.4 Å². The Hall–Kier alpha value is -3.60. The number of nitro benzene ring substituents is 1. The topological polar surface area (TPSA) is 121 Å². The Morgan fingerprint density at radius 2 is 1.79 bits per heavy atom. The molecule has 2 aromatic carbocycles. The Balaban J connectivity index is 1.69. The van der Waals surface area contributed by atoms with E-state index >= 15 is 0 Å². The summed E-state index contributed by atoms with van der Waals surface area (Å²) < 4.78 is 13.4. The molecule has 1 aromatic heterocycles. The van der Waals surface area contributed by atoms with Crippen molar-refractivity contribution in [2.75, 3.05) is 18.2 Å². The summed E-state index contributed by atoms with van der Waals surface area (Å²) in [5.41, 5.74) is 0.450. The van der Waals surface area contributed by atoms with Gasteiger partial charge in [-0.1, -0.05) is 37.7 Å². The number of carbonyl (C=O) groups excluding carboxylic acids is 1. The molecule has 0 aliphatic rings. The molecule has 11 heteroatoms. The lowest BCUT2D eigenvalue weighted by Crippen LogP contribution is -2.17. The lowest BCUT2D eigenvalue weighted by Gasteiger charge is -2.19. The summed E-state index contributed by atoms with van der Waals surface area (Å²) >= 11 is 1.27. The van der Waals surface area contributed by atoms with Gasteiger partial charge in [0.15, 0.2) is 28.6 Å². The minimum absolute atomic E-state index is 0.0360. The number of rotatable bonds is 11. The lowest BCUT2D eigenvalue weighted by atomic mass is 10.2. The van der Waals surface area contributed by atoms with E-state index in [-0.39, 0.29) is 17.3 Å². The van der Waals surface area contributed by atoms with Crippen LogP contribution in [0.1, 0.15) is 32.7 Å². The van der Waals surface area contributed by atoms with Crippen molar-refractivity contribution in [1.82, 2.24) is 14.8 Å². The van der Waals surface area contributed by atoms with Crippen molar-refractivity contribution in [2.24, 2.45) is 5.92 Å². The summed E-state index contributed by atoms with van der Waals surface area (Å²) in [4.78, 5) is 22.7. The first-order valence-electron chi connectivity index (χ1n) is 10.7. The van der Waals surface area contributed by atoms with E-state index in [1.807, 2.05) is 35.8 Å². The maximum Gasteiger partial charge on any atom is 0.269 e. The van der Waals surface area contributed by atoms with Crippen LogP contribution in [0.2, 0.25) is 0 Å². The second-order valence-electron chi connectivity index (χ2n) is 7.90. The van der Waals surface area contributed by atoms with E-state index in [4.69, 9.17) is 9.47 Å². The number of hydrogen-bond donors (Lipinski definition) is 1. The smallest absolute Gasteiger partial charge is 0.269 e. The molecule has 34 heavy (non-hydrogen) atoms. The summed E-state index contributed by atoms with van der Waals surface area (Å²) in [5.74, 6) is 2.06. The van der Waals surface area contributed by atoms with Gasteiger partial charge >= 0.3 is 0 Å². The quantitative estimate of drug-likeness (QED) is 0.235. The summed E-state index contributed by atoms with van der Waals surface area (Å²) in [6.07, 6.45) is -0.397. The molecule has 10 nitrogen and oxygen atoms in total. The van der Waals surface area contributed by atoms with E-state index in [2.05, 4.69) is 29.4 Å². The molecular weight excluding hydrogens is 458 g/mol. The van der Waals surface area contributed by atoms with Gasteiger partial charge in [-0.15, -0.1) is 10.2 Å². The number of benzene rings is 2. The Labute approximate surface area is 201 Å². The Morgan fingerprint density at radius 1 is 1.12 bits per heavy atom. The number of nitrogens with zero attached hydrogens (tertiary/aromatic N) is 4. The first-order valence-corrected chi connectivity index (χ1v) is 11.7. The normalized spacial score (nSPS) is 11.8. The lowest BCUT2D eigenvalue weighted by molar-refractivity contribution is -0.384. The van der Waals surface area contributed by atoms with Gasteiger partial charge in [0.25, 0.3) is 5.69 Å². The molecule has 180 valence electrons. The molecule has 1 atom stereocenters. The van der Waals surface area contributed by atoms with E-state index in [1.165, 1.54) is 36.0 Å². The third-order valence-corrected chi connectivity index (χ3v) is 5.69. The number of ether oxygens (including phenoxy) is 2. The average molecular weight is 486 g/mol. The van der Waals surface area contributed by atoms with Crippen LogP contribution < -0.4 is 14.8 Å². The van der Waals surface area contributed by atoms with Gasteiger partial charge in [0.05, 0.1) is 17.8 Å². The first kappa shape index (κ1) is 25.0. The van der Waals surface area contributed by atoms with Gasteiger partial charge in [-0.05, 0) is 37.1 Å². The van der Waals surface area contributed by atoms with Crippen molar-refractivity contribution in [3.63, 3.8) is 0 Å². The third-order valence-electron chi connectivity index (χ3n) is 4.72. The summed E-state index contributed by atoms with van der Waals surface area (Å²) in [6, 6.07) is 13.1. The molecular formula is C23H27N5O5S. The number of methoxy groups -OCH3 is 1. The van der Waals surface area contributed by atoms with Crippen LogP contribution in [-0.4, -0.2) is 38.5 Å². The van der Waals surface area contributed by atoms with Crippen LogP contribution >= 0.6 is 11.8 Å². The molecule has 0 bridgehead atoms. The minimum atomic E-state index is -0.487. The second-order valence-corrected chi connectivity index (χ2v) is 8.84. The summed E-state index contributed by atoms with van der Waals surface area (Å²) in [7, 11) is 1.59. The van der Waals surface area contributed by atoms with Crippen molar-refractivity contribution in [3.05, 3.63) is 64.5 Å². The van der Waals surface area contributed by atoms with Crippen LogP contribution in [0.3, 0.4) is 0 Å². The van der Waals surface area contributed by atoms with Crippen molar-refractivity contribution >= 4 is 29.0 Å². The largest absolute Gasteiger partial charge is 0.493 e. The molecule has 0 aliphatic carbocycles. The number of anilines is 1. The van der Waals surface area contributed by atoms with Crippen molar-refractivity contribution in [3.8, 4) is 11.5 Å². The van der Waals surface area contributed by atoms with Crippen LogP contribution in [0.15, 0.2) is 53.7 Å². The monoisotopic (exact) mass is 485 g/mol. The number of nitrogens with one attached hydrogen (secondary N) is 1. The van der Waals surface area contributed by atoms with Gasteiger partial charge in [-0.25, -0.2) is 0 Å². The predicted molar refractivity (Wildman–Crippen MR) is 129 cm³/mol. The van der Waals surface area contributed by atoms with Crippen molar-refractivity contribution in [1.29, 1.82) is 0 Å². The zero-order chi connectivity index (χ0) is 24.7. The zero-order valence-electron chi connectivity index (χ0n) is 19.4. The number of aromatic nitrogens is 3. The van der Waals surface area contributed by atoms with Crippen molar-refractivity contribution < 1.29 is 19.2 Å². The molecule has 0 saturated heterocycles. The maximum absolute atomic E-state index is 12.4. The average Bonchev–Trinajstić information content (AvgIpc) is 3.20. The number of hydrogen-bond acceptors (Lipinski definition) is 8. The number of non-ortho nitro benzene ring substituents is 1. The van der Waals surface area contributed by atoms with Crippen LogP contribution in [0.25, 0.3) is 0 Å². The molecule has 0 aliphatic heterocycles. The fourth-order valence-electron chi connectivity index (χ4n) is 3.20. The highest BCUT2D eigenvalue weighted by atomic mass is 32.2. The van der Waals surface area contributed by atoms with E-state index in [0.717, 1.165) is 0 Å². The number of nitro groups is 1. The van der Waals surface area contributed by atoms with Crippen molar-refractivity contribution in [2.45, 2.75) is 38.6 Å². The maximum atomic E-state index is 12.4. The Bertz CT molecular complexity index is 1130. The highest BCUT2D eigenvalue weighted by molar-refractivity contribution is 7.99. The molecule has 0 saturated carbocycles. The van der Waals surface area contributed by atoms with E-state index < -0.39 is 11.0 Å². The molecule has 0 spiro atoms. The third kappa shape index (κ3) is 6.47. The molecule has 1 N–H and O–H groups in total. The number of amides is 1. The van der Waals surface area contributed by atoms with Crippen LogP contribution in [-0.2, 0) is 11.3 Å². The van der Waals surface area contributed by atoms with Gasteiger partial charge in [-0.2, -0.15) is 0 Å². The molecule has 1 amide bonds. The fraction of sp³-hybridized carbons (Fsp3) is 0.348. The van der Waals surface area contributed by atoms with Gasteiger partial charge in [0.1, 0.15) is 0 Å². The SMILES string of the molecule is COc1ccccc1OC(C)c1nnc(SCC(=O)Nc2ccc([N+](=O)[O-])cc2)n1CC(C)C. The number of carbonyl (C=O) groups is 1.